The summed E-state index contributed by atoms with van der Waals surface area (Å²) in [7, 11) is 0. The van der Waals surface area contributed by atoms with E-state index in [2.05, 4.69) is 4.85 Å². The monoisotopic (exact) mass is 208 g/mol. The van der Waals surface area contributed by atoms with Crippen LogP contribution >= 0.6 is 0 Å². The Kier molecular flexibility index (Phi) is 5.77. The van der Waals surface area contributed by atoms with E-state index in [-0.39, 0.29) is 6.29 Å². The fourth-order valence-corrected chi connectivity index (χ4v) is 1.49. The van der Waals surface area contributed by atoms with Gasteiger partial charge in [0.05, 0.1) is 6.61 Å². The van der Waals surface area contributed by atoms with Crippen molar-refractivity contribution in [3.05, 3.63) is 11.4 Å². The summed E-state index contributed by atoms with van der Waals surface area (Å²) in [5, 5.41) is 8.54. The predicted octanol–water partition coefficient (Wildman–Crippen LogP) is 2.12. The number of nitrogens with zero attached hydrogens (tertiary/aromatic N) is 2. The molecule has 0 aromatic carbocycles. The molecule has 0 aliphatic carbocycles. The number of hydrogen-bond donors (Lipinski definition) is 0. The second kappa shape index (κ2) is 7.23. The van der Waals surface area contributed by atoms with Crippen molar-refractivity contribution in [2.75, 3.05) is 13.2 Å². The first-order valence-electron chi connectivity index (χ1n) is 5.36. The van der Waals surface area contributed by atoms with Crippen LogP contribution in [0.3, 0.4) is 0 Å². The van der Waals surface area contributed by atoms with E-state index in [1.165, 1.54) is 0 Å². The van der Waals surface area contributed by atoms with Crippen LogP contribution in [-0.2, 0) is 9.47 Å². The van der Waals surface area contributed by atoms with Gasteiger partial charge >= 0.3 is 6.04 Å². The summed E-state index contributed by atoms with van der Waals surface area (Å²) in [5.74, 6) is 0. The van der Waals surface area contributed by atoms with E-state index in [0.717, 1.165) is 32.3 Å². The quantitative estimate of drug-likeness (QED) is 0.513. The average molecular weight is 208 g/mol. The molecule has 0 aromatic rings. The molecule has 2 atom stereocenters. The summed E-state index contributed by atoms with van der Waals surface area (Å²) in [6, 6.07) is 1.44. The van der Waals surface area contributed by atoms with Crippen LogP contribution in [0, 0.1) is 17.9 Å². The molecule has 1 rings (SSSR count). The largest absolute Gasteiger partial charge is 0.353 e. The summed E-state index contributed by atoms with van der Waals surface area (Å²) in [4.78, 5) is 3.19. The van der Waals surface area contributed by atoms with E-state index in [4.69, 9.17) is 21.3 Å². The van der Waals surface area contributed by atoms with Crippen LogP contribution in [0.15, 0.2) is 0 Å². The van der Waals surface area contributed by atoms with E-state index < -0.39 is 6.04 Å². The minimum atomic E-state index is -0.513. The van der Waals surface area contributed by atoms with E-state index in [1.54, 1.807) is 0 Å². The first kappa shape index (κ1) is 12.0. The lowest BCUT2D eigenvalue weighted by Crippen LogP contribution is -2.22. The van der Waals surface area contributed by atoms with Crippen molar-refractivity contribution in [1.82, 2.24) is 0 Å². The maximum absolute atomic E-state index is 8.54. The zero-order chi connectivity index (χ0) is 10.9. The van der Waals surface area contributed by atoms with Crippen molar-refractivity contribution in [3.8, 4) is 6.07 Å². The molecule has 4 nitrogen and oxygen atoms in total. The molecule has 4 heteroatoms. The molecule has 0 aromatic heterocycles. The molecule has 0 radical (unpaired) electrons. The Labute approximate surface area is 90.6 Å². The van der Waals surface area contributed by atoms with E-state index in [0.29, 0.717) is 13.0 Å². The summed E-state index contributed by atoms with van der Waals surface area (Å²) in [5.41, 5.74) is 0. The van der Waals surface area contributed by atoms with Gasteiger partial charge in [0.25, 0.3) is 0 Å². The highest BCUT2D eigenvalue weighted by Crippen LogP contribution is 2.14. The molecular formula is C11H16N2O2. The maximum atomic E-state index is 8.54. The van der Waals surface area contributed by atoms with Gasteiger partial charge in [0.2, 0.25) is 0 Å². The molecule has 0 amide bonds. The first-order chi connectivity index (χ1) is 7.36. The van der Waals surface area contributed by atoms with Crippen LogP contribution in [-0.4, -0.2) is 25.5 Å². The van der Waals surface area contributed by atoms with E-state index in [1.807, 2.05) is 6.07 Å². The van der Waals surface area contributed by atoms with Crippen molar-refractivity contribution in [3.63, 3.8) is 0 Å². The molecular weight excluding hydrogens is 192 g/mol. The Bertz CT molecular complexity index is 234. The van der Waals surface area contributed by atoms with Gasteiger partial charge < -0.3 is 9.47 Å². The lowest BCUT2D eigenvalue weighted by molar-refractivity contribution is -0.162. The Morgan fingerprint density at radius 2 is 2.47 bits per heavy atom. The third-order valence-corrected chi connectivity index (χ3v) is 2.37. The number of rotatable bonds is 5. The van der Waals surface area contributed by atoms with Gasteiger partial charge in [-0.15, -0.1) is 0 Å². The molecule has 0 spiro atoms. The van der Waals surface area contributed by atoms with Gasteiger partial charge in [-0.25, -0.2) is 6.57 Å². The van der Waals surface area contributed by atoms with Crippen molar-refractivity contribution in [2.24, 2.45) is 0 Å². The molecule has 15 heavy (non-hydrogen) atoms. The smallest absolute Gasteiger partial charge is 0.307 e. The van der Waals surface area contributed by atoms with Gasteiger partial charge in [-0.1, -0.05) is 0 Å². The highest BCUT2D eigenvalue weighted by atomic mass is 16.7. The Balaban J connectivity index is 2.01. The highest BCUT2D eigenvalue weighted by Gasteiger charge is 2.14. The molecule has 1 aliphatic heterocycles. The van der Waals surface area contributed by atoms with Crippen LogP contribution in [0.5, 0.6) is 0 Å². The fraction of sp³-hybridized carbons (Fsp3) is 0.818. The fourth-order valence-electron chi connectivity index (χ4n) is 1.49. The van der Waals surface area contributed by atoms with Crippen molar-refractivity contribution >= 4 is 0 Å². The van der Waals surface area contributed by atoms with Crippen LogP contribution < -0.4 is 0 Å². The van der Waals surface area contributed by atoms with Gasteiger partial charge in [0.15, 0.2) is 12.4 Å². The van der Waals surface area contributed by atoms with Crippen molar-refractivity contribution in [2.45, 2.75) is 44.4 Å². The lowest BCUT2D eigenvalue weighted by atomic mass is 10.2. The lowest BCUT2D eigenvalue weighted by Gasteiger charge is -2.22. The van der Waals surface area contributed by atoms with Crippen molar-refractivity contribution < 1.29 is 9.47 Å². The summed E-state index contributed by atoms with van der Waals surface area (Å²) >= 11 is 0. The molecule has 82 valence electrons. The topological polar surface area (TPSA) is 46.6 Å². The number of hydrogen-bond acceptors (Lipinski definition) is 3. The minimum absolute atomic E-state index is 0.0628. The van der Waals surface area contributed by atoms with Gasteiger partial charge in [0.1, 0.15) is 0 Å². The SMILES string of the molecule is [C-]#[N+]C(C#N)CCCOC1CCCCO1. The first-order valence-corrected chi connectivity index (χ1v) is 5.36. The Morgan fingerprint density at radius 1 is 1.60 bits per heavy atom. The molecule has 2 unspecified atom stereocenters. The average Bonchev–Trinajstić information content (AvgIpc) is 2.31. The number of nitriles is 1. The van der Waals surface area contributed by atoms with Crippen LogP contribution in [0.25, 0.3) is 4.85 Å². The normalized spacial score (nSPS) is 22.7. The Hall–Kier alpha value is -1.10. The highest BCUT2D eigenvalue weighted by molar-refractivity contribution is 4.97. The standard InChI is InChI=1S/C11H16N2O2/c1-13-10(9-12)5-4-8-15-11-6-2-3-7-14-11/h10-11H,2-8H2. The van der Waals surface area contributed by atoms with Crippen LogP contribution in [0.2, 0.25) is 0 Å². The summed E-state index contributed by atoms with van der Waals surface area (Å²) in [6.07, 6.45) is 4.52. The molecule has 1 fully saturated rings. The zero-order valence-corrected chi connectivity index (χ0v) is 8.82. The molecule has 0 bridgehead atoms. The predicted molar refractivity (Wildman–Crippen MR) is 54.8 cm³/mol. The van der Waals surface area contributed by atoms with Gasteiger partial charge in [0, 0.05) is 13.0 Å². The van der Waals surface area contributed by atoms with Gasteiger partial charge in [-0.2, -0.15) is 5.26 Å². The summed E-state index contributed by atoms with van der Waals surface area (Å²) < 4.78 is 10.9. The molecule has 1 heterocycles. The molecule has 1 aliphatic rings. The molecule has 0 N–H and O–H groups in total. The van der Waals surface area contributed by atoms with E-state index >= 15 is 0 Å². The van der Waals surface area contributed by atoms with Crippen molar-refractivity contribution in [1.29, 1.82) is 5.26 Å². The zero-order valence-electron chi connectivity index (χ0n) is 8.82. The van der Waals surface area contributed by atoms with E-state index in [9.17, 15) is 0 Å². The maximum Gasteiger partial charge on any atom is 0.307 e. The van der Waals surface area contributed by atoms with Crippen LogP contribution in [0.4, 0.5) is 0 Å². The molecule has 1 saturated heterocycles. The van der Waals surface area contributed by atoms with Crippen LogP contribution in [0.1, 0.15) is 32.1 Å². The van der Waals surface area contributed by atoms with Gasteiger partial charge in [-0.3, -0.25) is 4.85 Å². The number of ether oxygens (including phenoxy) is 2. The summed E-state index contributed by atoms with van der Waals surface area (Å²) in [6.45, 7) is 8.10. The van der Waals surface area contributed by atoms with Gasteiger partial charge in [-0.05, 0) is 25.7 Å². The molecule has 0 saturated carbocycles. The Morgan fingerprint density at radius 3 is 3.07 bits per heavy atom. The second-order valence-electron chi connectivity index (χ2n) is 3.58. The third-order valence-electron chi connectivity index (χ3n) is 2.37. The second-order valence-corrected chi connectivity index (χ2v) is 3.58. The minimum Gasteiger partial charge on any atom is -0.353 e. The third kappa shape index (κ3) is 4.78.